The average Bonchev–Trinajstić information content (AvgIpc) is 2.26. The summed E-state index contributed by atoms with van der Waals surface area (Å²) < 4.78 is 10.3. The Morgan fingerprint density at radius 2 is 1.83 bits per heavy atom. The number of amides is 1. The summed E-state index contributed by atoms with van der Waals surface area (Å²) in [6, 6.07) is 0.0415. The van der Waals surface area contributed by atoms with Gasteiger partial charge in [-0.2, -0.15) is 0 Å². The van der Waals surface area contributed by atoms with Gasteiger partial charge in [0, 0.05) is 7.11 Å². The van der Waals surface area contributed by atoms with Crippen molar-refractivity contribution in [2.24, 2.45) is 0 Å². The molecule has 18 heavy (non-hydrogen) atoms. The first kappa shape index (κ1) is 19.6. The molecule has 110 valence electrons. The molecule has 0 fully saturated rings. The van der Waals surface area contributed by atoms with Gasteiger partial charge in [-0.25, -0.2) is 4.79 Å². The molecule has 1 amide bonds. The largest absolute Gasteiger partial charge is 0.444 e. The lowest BCUT2D eigenvalue weighted by Gasteiger charge is -2.23. The Balaban J connectivity index is 0. The van der Waals surface area contributed by atoms with E-state index >= 15 is 0 Å². The Hall–Kier alpha value is -0.770. The van der Waals surface area contributed by atoms with Crippen molar-refractivity contribution >= 4 is 6.09 Å². The number of ether oxygens (including phenoxy) is 2. The summed E-state index contributed by atoms with van der Waals surface area (Å²) in [5.41, 5.74) is -0.452. The number of nitrogens with one attached hydrogen (secondary N) is 1. The quantitative estimate of drug-likeness (QED) is 0.792. The minimum atomic E-state index is -0.452. The number of carbonyl (C=O) groups excluding carboxylic acids is 1. The first-order chi connectivity index (χ1) is 8.39. The fourth-order valence-electron chi connectivity index (χ4n) is 1.32. The maximum Gasteiger partial charge on any atom is 0.407 e. The third-order valence-electron chi connectivity index (χ3n) is 1.99. The van der Waals surface area contributed by atoms with Gasteiger partial charge in [-0.1, -0.05) is 33.6 Å². The normalized spacial score (nSPS) is 12.2. The molecule has 0 aromatic heterocycles. The van der Waals surface area contributed by atoms with Gasteiger partial charge < -0.3 is 14.8 Å². The van der Waals surface area contributed by atoms with Crippen molar-refractivity contribution < 1.29 is 14.3 Å². The molecule has 0 saturated heterocycles. The molecular formula is C14H31NO3. The van der Waals surface area contributed by atoms with E-state index in [0.717, 1.165) is 19.3 Å². The first-order valence-electron chi connectivity index (χ1n) is 6.87. The highest BCUT2D eigenvalue weighted by atomic mass is 16.6. The van der Waals surface area contributed by atoms with Crippen LogP contribution in [0.25, 0.3) is 0 Å². The summed E-state index contributed by atoms with van der Waals surface area (Å²) in [6.07, 6.45) is 2.73. The minimum Gasteiger partial charge on any atom is -0.444 e. The molecule has 0 aliphatic rings. The zero-order chi connectivity index (χ0) is 14.6. The molecule has 0 heterocycles. The molecule has 0 spiro atoms. The highest BCUT2D eigenvalue weighted by Crippen LogP contribution is 2.08. The van der Waals surface area contributed by atoms with Gasteiger partial charge in [0.1, 0.15) is 5.60 Å². The molecule has 0 bridgehead atoms. The molecule has 0 saturated carbocycles. The van der Waals surface area contributed by atoms with Crippen LogP contribution in [0.4, 0.5) is 4.79 Å². The summed E-state index contributed by atoms with van der Waals surface area (Å²) >= 11 is 0. The summed E-state index contributed by atoms with van der Waals surface area (Å²) in [7, 11) is 1.63. The third-order valence-corrected chi connectivity index (χ3v) is 1.99. The van der Waals surface area contributed by atoms with Gasteiger partial charge >= 0.3 is 6.09 Å². The molecule has 0 aliphatic heterocycles. The molecule has 4 heteroatoms. The smallest absolute Gasteiger partial charge is 0.407 e. The van der Waals surface area contributed by atoms with Crippen LogP contribution < -0.4 is 5.32 Å². The fourth-order valence-corrected chi connectivity index (χ4v) is 1.32. The molecular weight excluding hydrogens is 230 g/mol. The van der Waals surface area contributed by atoms with Gasteiger partial charge in [0.2, 0.25) is 0 Å². The number of rotatable bonds is 6. The number of carbonyl (C=O) groups is 1. The van der Waals surface area contributed by atoms with E-state index in [9.17, 15) is 4.79 Å². The monoisotopic (exact) mass is 261 g/mol. The Kier molecular flexibility index (Phi) is 12.3. The van der Waals surface area contributed by atoms with Crippen LogP contribution in [0, 0.1) is 0 Å². The van der Waals surface area contributed by atoms with Crippen molar-refractivity contribution in [1.29, 1.82) is 0 Å². The highest BCUT2D eigenvalue weighted by Gasteiger charge is 2.19. The minimum absolute atomic E-state index is 0.0415. The van der Waals surface area contributed by atoms with E-state index in [-0.39, 0.29) is 12.1 Å². The van der Waals surface area contributed by atoms with Crippen LogP contribution in [0.3, 0.4) is 0 Å². The first-order valence-corrected chi connectivity index (χ1v) is 6.87. The number of alkyl carbamates (subject to hydrolysis) is 1. The second-order valence-electron chi connectivity index (χ2n) is 4.94. The van der Waals surface area contributed by atoms with Gasteiger partial charge in [0.15, 0.2) is 0 Å². The lowest BCUT2D eigenvalue weighted by molar-refractivity contribution is 0.0463. The molecule has 0 radical (unpaired) electrons. The number of unbranched alkanes of at least 4 members (excludes halogenated alkanes) is 1. The molecule has 4 nitrogen and oxygen atoms in total. The van der Waals surface area contributed by atoms with Crippen LogP contribution in [0.2, 0.25) is 0 Å². The number of methoxy groups -OCH3 is 1. The van der Waals surface area contributed by atoms with Crippen LogP contribution in [-0.2, 0) is 9.47 Å². The summed E-state index contributed by atoms with van der Waals surface area (Å²) in [6.45, 7) is 12.2. The number of hydrogen-bond acceptors (Lipinski definition) is 3. The van der Waals surface area contributed by atoms with E-state index in [4.69, 9.17) is 9.47 Å². The van der Waals surface area contributed by atoms with E-state index in [2.05, 4.69) is 12.2 Å². The standard InChI is InChI=1S/C12H25NO3.C2H6/c1-6-7-8-10(9-15-5)13-11(14)16-12(2,3)4;1-2/h10H,6-9H2,1-5H3,(H,13,14);1-2H3. The Bertz CT molecular complexity index is 200. The van der Waals surface area contributed by atoms with Crippen LogP contribution in [0.1, 0.15) is 60.8 Å². The third kappa shape index (κ3) is 13.3. The molecule has 1 unspecified atom stereocenters. The van der Waals surface area contributed by atoms with E-state index in [1.54, 1.807) is 7.11 Å². The van der Waals surface area contributed by atoms with Gasteiger partial charge in [-0.3, -0.25) is 0 Å². The molecule has 0 aromatic carbocycles. The summed E-state index contributed by atoms with van der Waals surface area (Å²) in [4.78, 5) is 11.5. The lowest BCUT2D eigenvalue weighted by Crippen LogP contribution is -2.41. The van der Waals surface area contributed by atoms with Crippen molar-refractivity contribution in [3.63, 3.8) is 0 Å². The van der Waals surface area contributed by atoms with Crippen molar-refractivity contribution in [3.05, 3.63) is 0 Å². The molecule has 0 rings (SSSR count). The SMILES string of the molecule is CC.CCCCC(COC)NC(=O)OC(C)(C)C. The predicted molar refractivity (Wildman–Crippen MR) is 75.9 cm³/mol. The second-order valence-corrected chi connectivity index (χ2v) is 4.94. The zero-order valence-corrected chi connectivity index (χ0v) is 13.1. The predicted octanol–water partition coefficient (Wildman–Crippen LogP) is 3.74. The molecule has 0 aliphatic carbocycles. The highest BCUT2D eigenvalue weighted by molar-refractivity contribution is 5.68. The number of hydrogen-bond donors (Lipinski definition) is 1. The maximum atomic E-state index is 11.5. The van der Waals surface area contributed by atoms with Gasteiger partial charge in [-0.05, 0) is 27.2 Å². The van der Waals surface area contributed by atoms with Crippen molar-refractivity contribution in [2.45, 2.75) is 72.4 Å². The van der Waals surface area contributed by atoms with E-state index in [0.29, 0.717) is 6.61 Å². The Morgan fingerprint density at radius 1 is 1.28 bits per heavy atom. The molecule has 1 N–H and O–H groups in total. The average molecular weight is 261 g/mol. The van der Waals surface area contributed by atoms with Crippen molar-refractivity contribution in [3.8, 4) is 0 Å². The summed E-state index contributed by atoms with van der Waals surface area (Å²) in [5, 5.41) is 2.82. The van der Waals surface area contributed by atoms with Gasteiger partial charge in [-0.15, -0.1) is 0 Å². The van der Waals surface area contributed by atoms with Crippen molar-refractivity contribution in [2.75, 3.05) is 13.7 Å². The second kappa shape index (κ2) is 11.3. The fraction of sp³-hybridized carbons (Fsp3) is 0.929. The van der Waals surface area contributed by atoms with Gasteiger partial charge in [0.05, 0.1) is 12.6 Å². The topological polar surface area (TPSA) is 47.6 Å². The van der Waals surface area contributed by atoms with Crippen LogP contribution in [-0.4, -0.2) is 31.5 Å². The Labute approximate surface area is 112 Å². The van der Waals surface area contributed by atoms with E-state index in [1.807, 2.05) is 34.6 Å². The summed E-state index contributed by atoms with van der Waals surface area (Å²) in [5.74, 6) is 0. The van der Waals surface area contributed by atoms with Crippen LogP contribution >= 0.6 is 0 Å². The Morgan fingerprint density at radius 3 is 2.22 bits per heavy atom. The maximum absolute atomic E-state index is 11.5. The van der Waals surface area contributed by atoms with Crippen molar-refractivity contribution in [1.82, 2.24) is 5.32 Å². The van der Waals surface area contributed by atoms with Gasteiger partial charge in [0.25, 0.3) is 0 Å². The van der Waals surface area contributed by atoms with Crippen LogP contribution in [0.15, 0.2) is 0 Å². The zero-order valence-electron chi connectivity index (χ0n) is 13.1. The van der Waals surface area contributed by atoms with E-state index < -0.39 is 5.60 Å². The van der Waals surface area contributed by atoms with E-state index in [1.165, 1.54) is 0 Å². The molecule has 0 aromatic rings. The lowest BCUT2D eigenvalue weighted by atomic mass is 10.1. The van der Waals surface area contributed by atoms with Crippen LogP contribution in [0.5, 0.6) is 0 Å². The molecule has 1 atom stereocenters.